The molecule has 0 aromatic rings. The van der Waals surface area contributed by atoms with Crippen LogP contribution in [0.3, 0.4) is 0 Å². The minimum absolute atomic E-state index is 0.106. The molecule has 0 aliphatic carbocycles. The molecule has 12 heavy (non-hydrogen) atoms. The third-order valence-electron chi connectivity index (χ3n) is 2.35. The first-order valence-corrected chi connectivity index (χ1v) is 3.92. The van der Waals surface area contributed by atoms with E-state index in [1.165, 1.54) is 7.11 Å². The monoisotopic (exact) mass is 174 g/mol. The number of carbonyl (C=O) groups excluding carboxylic acids is 1. The lowest BCUT2D eigenvalue weighted by atomic mass is 9.89. The summed E-state index contributed by atoms with van der Waals surface area (Å²) >= 11 is 0. The molecule has 0 spiro atoms. The lowest BCUT2D eigenvalue weighted by molar-refractivity contribution is -0.200. The summed E-state index contributed by atoms with van der Waals surface area (Å²) in [5, 5.41) is 9.61. The lowest BCUT2D eigenvalue weighted by Crippen LogP contribution is -2.54. The standard InChI is InChI=1S/C8H14O4/c1-5-7(10)8(2,11-3)4-6(9)12-5/h5,7,10H,4H2,1-3H3/t5-,7-,8+/m0/s1. The normalized spacial score (nSPS) is 42.5. The van der Waals surface area contributed by atoms with Gasteiger partial charge in [0.25, 0.3) is 0 Å². The largest absolute Gasteiger partial charge is 0.460 e. The number of cyclic esters (lactones) is 1. The molecule has 3 atom stereocenters. The summed E-state index contributed by atoms with van der Waals surface area (Å²) in [6.07, 6.45) is -1.13. The Morgan fingerprint density at radius 1 is 1.75 bits per heavy atom. The van der Waals surface area contributed by atoms with Gasteiger partial charge in [0.1, 0.15) is 17.8 Å². The van der Waals surface area contributed by atoms with Crippen LogP contribution in [-0.4, -0.2) is 36.0 Å². The molecule has 0 aromatic carbocycles. The molecule has 0 aromatic heterocycles. The Morgan fingerprint density at radius 3 is 2.83 bits per heavy atom. The van der Waals surface area contributed by atoms with Gasteiger partial charge >= 0.3 is 5.97 Å². The summed E-state index contributed by atoms with van der Waals surface area (Å²) in [7, 11) is 1.48. The van der Waals surface area contributed by atoms with Crippen molar-refractivity contribution >= 4 is 5.97 Å². The Balaban J connectivity index is 2.79. The number of rotatable bonds is 1. The number of ether oxygens (including phenoxy) is 2. The van der Waals surface area contributed by atoms with Gasteiger partial charge < -0.3 is 14.6 Å². The van der Waals surface area contributed by atoms with E-state index >= 15 is 0 Å². The fourth-order valence-corrected chi connectivity index (χ4v) is 1.39. The number of carbonyl (C=O) groups is 1. The SMILES string of the molecule is CO[C@]1(C)CC(=O)O[C@@H](C)[C@@H]1O. The van der Waals surface area contributed by atoms with Crippen molar-refractivity contribution in [2.75, 3.05) is 7.11 Å². The van der Waals surface area contributed by atoms with E-state index in [0.717, 1.165) is 0 Å². The first-order chi connectivity index (χ1) is 5.49. The third kappa shape index (κ3) is 1.44. The second-order valence-corrected chi connectivity index (χ2v) is 3.33. The van der Waals surface area contributed by atoms with Crippen molar-refractivity contribution in [2.45, 2.75) is 38.1 Å². The maximum atomic E-state index is 11.0. The van der Waals surface area contributed by atoms with Crippen LogP contribution in [0.5, 0.6) is 0 Å². The highest BCUT2D eigenvalue weighted by Gasteiger charge is 2.44. The number of methoxy groups -OCH3 is 1. The van der Waals surface area contributed by atoms with Crippen molar-refractivity contribution < 1.29 is 19.4 Å². The molecule has 0 amide bonds. The summed E-state index contributed by atoms with van der Waals surface area (Å²) in [5.41, 5.74) is -0.797. The molecule has 0 saturated carbocycles. The van der Waals surface area contributed by atoms with Gasteiger partial charge in [0.05, 0.1) is 6.42 Å². The van der Waals surface area contributed by atoms with E-state index < -0.39 is 17.8 Å². The summed E-state index contributed by atoms with van der Waals surface area (Å²) in [4.78, 5) is 11.0. The molecule has 1 saturated heterocycles. The number of hydrogen-bond donors (Lipinski definition) is 1. The first-order valence-electron chi connectivity index (χ1n) is 3.92. The molecule has 70 valence electrons. The number of esters is 1. The number of aliphatic hydroxyl groups is 1. The maximum Gasteiger partial charge on any atom is 0.309 e. The number of aliphatic hydroxyl groups excluding tert-OH is 1. The molecule has 4 heteroatoms. The molecular formula is C8H14O4. The second kappa shape index (κ2) is 3.03. The molecule has 0 unspecified atom stereocenters. The number of hydrogen-bond acceptors (Lipinski definition) is 4. The van der Waals surface area contributed by atoms with E-state index in [2.05, 4.69) is 0 Å². The highest BCUT2D eigenvalue weighted by molar-refractivity contribution is 5.72. The Labute approximate surface area is 71.5 Å². The highest BCUT2D eigenvalue weighted by atomic mass is 16.6. The molecule has 1 rings (SSSR count). The lowest BCUT2D eigenvalue weighted by Gasteiger charge is -2.39. The molecule has 1 aliphatic heterocycles. The van der Waals surface area contributed by atoms with Gasteiger partial charge in [-0.25, -0.2) is 0 Å². The van der Waals surface area contributed by atoms with Crippen LogP contribution >= 0.6 is 0 Å². The van der Waals surface area contributed by atoms with Crippen molar-refractivity contribution in [2.24, 2.45) is 0 Å². The summed E-state index contributed by atoms with van der Waals surface area (Å²) in [6, 6.07) is 0. The zero-order valence-corrected chi connectivity index (χ0v) is 7.53. The van der Waals surface area contributed by atoms with Crippen molar-refractivity contribution in [1.82, 2.24) is 0 Å². The smallest absolute Gasteiger partial charge is 0.309 e. The Morgan fingerprint density at radius 2 is 2.33 bits per heavy atom. The van der Waals surface area contributed by atoms with Crippen molar-refractivity contribution in [1.29, 1.82) is 0 Å². The fraction of sp³-hybridized carbons (Fsp3) is 0.875. The third-order valence-corrected chi connectivity index (χ3v) is 2.35. The van der Waals surface area contributed by atoms with Gasteiger partial charge in [-0.05, 0) is 13.8 Å². The van der Waals surface area contributed by atoms with E-state index in [9.17, 15) is 9.90 Å². The quantitative estimate of drug-likeness (QED) is 0.572. The summed E-state index contributed by atoms with van der Waals surface area (Å²) in [5.74, 6) is -0.322. The van der Waals surface area contributed by atoms with Crippen molar-refractivity contribution in [3.63, 3.8) is 0 Å². The van der Waals surface area contributed by atoms with E-state index in [0.29, 0.717) is 0 Å². The first kappa shape index (κ1) is 9.48. The topological polar surface area (TPSA) is 55.8 Å². The molecule has 1 N–H and O–H groups in total. The minimum atomic E-state index is -0.797. The van der Waals surface area contributed by atoms with Gasteiger partial charge in [0.15, 0.2) is 0 Å². The average molecular weight is 174 g/mol. The van der Waals surface area contributed by atoms with Crippen LogP contribution < -0.4 is 0 Å². The van der Waals surface area contributed by atoms with Crippen LogP contribution in [0.1, 0.15) is 20.3 Å². The van der Waals surface area contributed by atoms with Gasteiger partial charge in [-0.15, -0.1) is 0 Å². The van der Waals surface area contributed by atoms with E-state index in [1.54, 1.807) is 13.8 Å². The van der Waals surface area contributed by atoms with E-state index in [1.807, 2.05) is 0 Å². The fourth-order valence-electron chi connectivity index (χ4n) is 1.39. The van der Waals surface area contributed by atoms with Gasteiger partial charge in [0, 0.05) is 7.11 Å². The van der Waals surface area contributed by atoms with Crippen LogP contribution in [0.4, 0.5) is 0 Å². The molecule has 1 fully saturated rings. The van der Waals surface area contributed by atoms with Crippen LogP contribution in [0.25, 0.3) is 0 Å². The molecule has 4 nitrogen and oxygen atoms in total. The van der Waals surface area contributed by atoms with Gasteiger partial charge in [-0.2, -0.15) is 0 Å². The highest BCUT2D eigenvalue weighted by Crippen LogP contribution is 2.28. The van der Waals surface area contributed by atoms with Crippen LogP contribution in [-0.2, 0) is 14.3 Å². The summed E-state index contributed by atoms with van der Waals surface area (Å²) < 4.78 is 9.91. The van der Waals surface area contributed by atoms with Crippen LogP contribution in [0.15, 0.2) is 0 Å². The van der Waals surface area contributed by atoms with Gasteiger partial charge in [0.2, 0.25) is 0 Å². The molecule has 1 aliphatic rings. The molecule has 0 radical (unpaired) electrons. The zero-order chi connectivity index (χ0) is 9.35. The Kier molecular flexibility index (Phi) is 2.39. The van der Waals surface area contributed by atoms with Gasteiger partial charge in [-0.1, -0.05) is 0 Å². The molecule has 0 bridgehead atoms. The van der Waals surface area contributed by atoms with E-state index in [-0.39, 0.29) is 12.4 Å². The van der Waals surface area contributed by atoms with Crippen LogP contribution in [0, 0.1) is 0 Å². The van der Waals surface area contributed by atoms with Gasteiger partial charge in [-0.3, -0.25) is 4.79 Å². The minimum Gasteiger partial charge on any atom is -0.460 e. The predicted molar refractivity (Wildman–Crippen MR) is 41.6 cm³/mol. The Hall–Kier alpha value is -0.610. The van der Waals surface area contributed by atoms with Crippen molar-refractivity contribution in [3.8, 4) is 0 Å². The van der Waals surface area contributed by atoms with Crippen molar-refractivity contribution in [3.05, 3.63) is 0 Å². The zero-order valence-electron chi connectivity index (χ0n) is 7.53. The molecule has 1 heterocycles. The summed E-state index contributed by atoms with van der Waals surface area (Å²) in [6.45, 7) is 3.35. The predicted octanol–water partition coefficient (Wildman–Crippen LogP) is 0.0878. The molecular weight excluding hydrogens is 160 g/mol. The maximum absolute atomic E-state index is 11.0. The average Bonchev–Trinajstić information content (AvgIpc) is 2.00. The van der Waals surface area contributed by atoms with Crippen LogP contribution in [0.2, 0.25) is 0 Å². The second-order valence-electron chi connectivity index (χ2n) is 3.33. The Bertz CT molecular complexity index is 191. The van der Waals surface area contributed by atoms with E-state index in [4.69, 9.17) is 9.47 Å².